The first-order chi connectivity index (χ1) is 18.3. The number of carbonyl (C=O) groups excluding carboxylic acids is 1. The van der Waals surface area contributed by atoms with Crippen LogP contribution in [0.2, 0.25) is 0 Å². The molecule has 3 aromatic carbocycles. The number of hydrogen-bond donors (Lipinski definition) is 3. The number of carbonyl (C=O) groups is 1. The number of aromatic amines is 1. The van der Waals surface area contributed by atoms with Gasteiger partial charge in [0.05, 0.1) is 20.8 Å². The number of rotatable bonds is 10. The number of H-pyrrole nitrogens is 1. The number of anilines is 1. The Labute approximate surface area is 218 Å². The van der Waals surface area contributed by atoms with Crippen LogP contribution < -0.4 is 19.5 Å². The van der Waals surface area contributed by atoms with Crippen LogP contribution in [0.3, 0.4) is 0 Å². The monoisotopic (exact) mass is 530 g/mol. The Morgan fingerprint density at radius 2 is 1.68 bits per heavy atom. The van der Waals surface area contributed by atoms with E-state index in [0.29, 0.717) is 22.7 Å². The molecule has 0 fully saturated rings. The van der Waals surface area contributed by atoms with E-state index in [0.717, 1.165) is 18.2 Å². The van der Waals surface area contributed by atoms with E-state index in [9.17, 15) is 18.0 Å². The van der Waals surface area contributed by atoms with Crippen LogP contribution >= 0.6 is 0 Å². The maximum absolute atomic E-state index is 14.0. The third-order valence-corrected chi connectivity index (χ3v) is 5.54. The Balaban J connectivity index is 0.00000195. The fourth-order valence-corrected chi connectivity index (χ4v) is 3.87. The zero-order chi connectivity index (χ0) is 27.8. The number of fused-ring (bicyclic) bond motifs is 1. The van der Waals surface area contributed by atoms with Crippen molar-refractivity contribution in [3.05, 3.63) is 83.3 Å². The Hall–Kier alpha value is -4.18. The third kappa shape index (κ3) is 6.20. The molecule has 1 unspecified atom stereocenters. The summed E-state index contributed by atoms with van der Waals surface area (Å²) in [6.45, 7) is 3.84. The lowest BCUT2D eigenvalue weighted by molar-refractivity contribution is 0.0970. The summed E-state index contributed by atoms with van der Waals surface area (Å²) in [5.74, 6) is -2.34. The molecular formula is C28H29F3N2O5. The highest BCUT2D eigenvalue weighted by molar-refractivity contribution is 6.11. The minimum atomic E-state index is -1.13. The quantitative estimate of drug-likeness (QED) is 0.217. The number of aliphatic hydroxyl groups is 1. The van der Waals surface area contributed by atoms with Crippen molar-refractivity contribution in [2.75, 3.05) is 32.8 Å². The van der Waals surface area contributed by atoms with E-state index < -0.39 is 29.3 Å². The van der Waals surface area contributed by atoms with Crippen molar-refractivity contribution < 1.29 is 37.3 Å². The van der Waals surface area contributed by atoms with Crippen molar-refractivity contribution >= 4 is 22.4 Å². The topological polar surface area (TPSA) is 92.8 Å². The molecule has 0 spiro atoms. The van der Waals surface area contributed by atoms with Gasteiger partial charge in [-0.2, -0.15) is 0 Å². The predicted octanol–water partition coefficient (Wildman–Crippen LogP) is 6.04. The van der Waals surface area contributed by atoms with E-state index in [1.54, 1.807) is 18.2 Å². The van der Waals surface area contributed by atoms with Crippen LogP contribution in [0.25, 0.3) is 10.9 Å². The highest BCUT2D eigenvalue weighted by atomic mass is 19.2. The van der Waals surface area contributed by atoms with Crippen molar-refractivity contribution in [1.82, 2.24) is 4.98 Å². The van der Waals surface area contributed by atoms with Crippen LogP contribution in [0.15, 0.2) is 54.7 Å². The Kier molecular flexibility index (Phi) is 9.61. The average molecular weight is 531 g/mol. The number of aromatic nitrogens is 1. The summed E-state index contributed by atoms with van der Waals surface area (Å²) in [7, 11) is 2.80. The minimum Gasteiger partial charge on any atom is -0.497 e. The van der Waals surface area contributed by atoms with Crippen molar-refractivity contribution in [2.24, 2.45) is 0 Å². The molecule has 7 nitrogen and oxygen atoms in total. The van der Waals surface area contributed by atoms with Gasteiger partial charge < -0.3 is 29.6 Å². The van der Waals surface area contributed by atoms with Crippen LogP contribution in [0.5, 0.6) is 17.2 Å². The second-order valence-electron chi connectivity index (χ2n) is 7.81. The molecule has 1 aromatic heterocycles. The highest BCUT2D eigenvalue weighted by Gasteiger charge is 2.28. The molecular weight excluding hydrogens is 501 g/mol. The van der Waals surface area contributed by atoms with E-state index >= 15 is 0 Å². The molecule has 10 heteroatoms. The maximum Gasteiger partial charge on any atom is 0.191 e. The number of benzene rings is 3. The predicted molar refractivity (Wildman–Crippen MR) is 139 cm³/mol. The standard InChI is InChI=1S/C26H23F3N2O5.C2H6/c1-34-16-8-15(9-17(10-16)36-6-5-32)31-25(18-4-3-14(27)7-24(18)35-2)26(33)20-13-30-23-12-22(29)21(28)11-19(20)23;1-2/h3-4,7-13,25,30-32H,5-6H2,1-2H3;1-2H3. The van der Waals surface area contributed by atoms with Gasteiger partial charge in [-0.3, -0.25) is 4.79 Å². The van der Waals surface area contributed by atoms with Gasteiger partial charge in [-0.25, -0.2) is 13.2 Å². The number of aliphatic hydroxyl groups excluding tert-OH is 1. The molecule has 1 atom stereocenters. The molecule has 0 aliphatic rings. The molecule has 0 amide bonds. The lowest BCUT2D eigenvalue weighted by atomic mass is 9.95. The number of nitrogens with one attached hydrogen (secondary N) is 2. The average Bonchev–Trinajstić information content (AvgIpc) is 3.33. The number of ketones is 1. The molecule has 1 heterocycles. The number of methoxy groups -OCH3 is 2. The largest absolute Gasteiger partial charge is 0.497 e. The molecule has 0 radical (unpaired) electrons. The Morgan fingerprint density at radius 3 is 2.37 bits per heavy atom. The van der Waals surface area contributed by atoms with Gasteiger partial charge in [-0.05, 0) is 18.2 Å². The molecule has 4 rings (SSSR count). The molecule has 0 aliphatic heterocycles. The van der Waals surface area contributed by atoms with Crippen molar-refractivity contribution in [3.8, 4) is 17.2 Å². The SMILES string of the molecule is CC.COc1cc(NC(C(=O)c2c[nH]c3cc(F)c(F)cc23)c2ccc(F)cc2OC)cc(OCCO)c1. The van der Waals surface area contributed by atoms with Gasteiger partial charge in [0.2, 0.25) is 0 Å². The second-order valence-corrected chi connectivity index (χ2v) is 7.81. The fraction of sp³-hybridized carbons (Fsp3) is 0.250. The van der Waals surface area contributed by atoms with Crippen molar-refractivity contribution in [3.63, 3.8) is 0 Å². The van der Waals surface area contributed by atoms with Gasteiger partial charge in [0.25, 0.3) is 0 Å². The van der Waals surface area contributed by atoms with Gasteiger partial charge >= 0.3 is 0 Å². The van der Waals surface area contributed by atoms with Crippen molar-refractivity contribution in [2.45, 2.75) is 19.9 Å². The molecule has 0 aliphatic carbocycles. The van der Waals surface area contributed by atoms with Crippen molar-refractivity contribution in [1.29, 1.82) is 0 Å². The lowest BCUT2D eigenvalue weighted by Gasteiger charge is -2.22. The fourth-order valence-electron chi connectivity index (χ4n) is 3.87. The first kappa shape index (κ1) is 28.4. The van der Waals surface area contributed by atoms with Crippen LogP contribution in [0.4, 0.5) is 18.9 Å². The summed E-state index contributed by atoms with van der Waals surface area (Å²) < 4.78 is 57.8. The van der Waals surface area contributed by atoms with E-state index in [-0.39, 0.29) is 35.4 Å². The van der Waals surface area contributed by atoms with Gasteiger partial charge in [-0.15, -0.1) is 0 Å². The summed E-state index contributed by atoms with van der Waals surface area (Å²) in [6, 6.07) is 9.33. The zero-order valence-corrected chi connectivity index (χ0v) is 21.4. The van der Waals surface area contributed by atoms with Gasteiger partial charge in [0.15, 0.2) is 17.4 Å². The second kappa shape index (κ2) is 12.9. The van der Waals surface area contributed by atoms with Crippen LogP contribution in [0, 0.1) is 17.5 Å². The van der Waals surface area contributed by atoms with E-state index in [1.165, 1.54) is 32.5 Å². The zero-order valence-electron chi connectivity index (χ0n) is 21.4. The van der Waals surface area contributed by atoms with Crippen LogP contribution in [-0.4, -0.2) is 43.3 Å². The summed E-state index contributed by atoms with van der Waals surface area (Å²) >= 11 is 0. The Morgan fingerprint density at radius 1 is 0.974 bits per heavy atom. The van der Waals surface area contributed by atoms with Crippen LogP contribution in [0.1, 0.15) is 35.8 Å². The molecule has 0 saturated carbocycles. The first-order valence-corrected chi connectivity index (χ1v) is 11.9. The lowest BCUT2D eigenvalue weighted by Crippen LogP contribution is -2.22. The van der Waals surface area contributed by atoms with Gasteiger partial charge in [0.1, 0.15) is 35.7 Å². The first-order valence-electron chi connectivity index (χ1n) is 11.9. The third-order valence-electron chi connectivity index (χ3n) is 5.54. The molecule has 4 aromatic rings. The minimum absolute atomic E-state index is 0.0399. The number of hydrogen-bond acceptors (Lipinski definition) is 6. The van der Waals surface area contributed by atoms with Crippen LogP contribution in [-0.2, 0) is 0 Å². The van der Waals surface area contributed by atoms with E-state index in [2.05, 4.69) is 10.3 Å². The smallest absolute Gasteiger partial charge is 0.191 e. The summed E-state index contributed by atoms with van der Waals surface area (Å²) in [6.07, 6.45) is 1.36. The molecule has 0 saturated heterocycles. The summed E-state index contributed by atoms with van der Waals surface area (Å²) in [5, 5.41) is 12.4. The van der Waals surface area contributed by atoms with E-state index in [1.807, 2.05) is 13.8 Å². The van der Waals surface area contributed by atoms with Gasteiger partial charge in [0, 0.05) is 64.2 Å². The molecule has 202 valence electrons. The maximum atomic E-state index is 14.0. The normalized spacial score (nSPS) is 11.4. The van der Waals surface area contributed by atoms with Gasteiger partial charge in [-0.1, -0.05) is 13.8 Å². The number of Topliss-reactive ketones (excluding diaryl/α,β-unsaturated/α-hetero) is 1. The Bertz CT molecular complexity index is 1410. The summed E-state index contributed by atoms with van der Waals surface area (Å²) in [4.78, 5) is 16.6. The van der Waals surface area contributed by atoms with E-state index in [4.69, 9.17) is 19.3 Å². The summed E-state index contributed by atoms with van der Waals surface area (Å²) in [5.41, 5.74) is 1.04. The number of halogens is 3. The molecule has 38 heavy (non-hydrogen) atoms. The molecule has 3 N–H and O–H groups in total. The number of ether oxygens (including phenoxy) is 3. The highest BCUT2D eigenvalue weighted by Crippen LogP contribution is 2.35. The molecule has 0 bridgehead atoms.